The number of nitrogens with zero attached hydrogens (tertiary/aromatic N) is 2. The Bertz CT molecular complexity index is 515. The molecule has 78 valence electrons. The minimum absolute atomic E-state index is 0.153. The van der Waals surface area contributed by atoms with Gasteiger partial charge in [-0.05, 0) is 17.3 Å². The average molecular weight is 232 g/mol. The van der Waals surface area contributed by atoms with Gasteiger partial charge < -0.3 is 10.3 Å². The highest BCUT2D eigenvalue weighted by atomic mass is 35.5. The van der Waals surface area contributed by atoms with Gasteiger partial charge in [-0.1, -0.05) is 11.6 Å². The van der Waals surface area contributed by atoms with Crippen LogP contribution in [0.2, 0.25) is 5.02 Å². The number of hydrogen-bond acceptors (Lipinski definition) is 4. The summed E-state index contributed by atoms with van der Waals surface area (Å²) in [6.45, 7) is 0. The molecule has 2 N–H and O–H groups in total. The molecule has 0 aliphatic heterocycles. The number of halogens is 3. The second kappa shape index (κ2) is 3.47. The Hall–Kier alpha value is -1.69. The van der Waals surface area contributed by atoms with Crippen molar-refractivity contribution >= 4 is 17.5 Å². The van der Waals surface area contributed by atoms with Crippen molar-refractivity contribution in [2.45, 2.75) is 0 Å². The average Bonchev–Trinajstić information content (AvgIpc) is 2.58. The normalized spacial score (nSPS) is 10.6. The van der Waals surface area contributed by atoms with Gasteiger partial charge in [-0.2, -0.15) is 4.98 Å². The predicted molar refractivity (Wildman–Crippen MR) is 49.1 cm³/mol. The van der Waals surface area contributed by atoms with E-state index >= 15 is 0 Å². The van der Waals surface area contributed by atoms with Crippen molar-refractivity contribution in [3.63, 3.8) is 0 Å². The fourth-order valence-electron chi connectivity index (χ4n) is 1.03. The van der Waals surface area contributed by atoms with Crippen LogP contribution in [0.25, 0.3) is 11.5 Å². The molecule has 0 amide bonds. The van der Waals surface area contributed by atoms with Gasteiger partial charge in [0, 0.05) is 0 Å². The van der Waals surface area contributed by atoms with Crippen molar-refractivity contribution in [1.29, 1.82) is 0 Å². The lowest BCUT2D eigenvalue weighted by Gasteiger charge is -1.99. The van der Waals surface area contributed by atoms with E-state index in [-0.39, 0.29) is 22.4 Å². The molecule has 7 heteroatoms. The molecule has 0 atom stereocenters. The molecule has 0 aliphatic carbocycles. The number of nitrogens with two attached hydrogens (primary N) is 1. The maximum Gasteiger partial charge on any atom is 0.262 e. The van der Waals surface area contributed by atoms with Crippen LogP contribution in [-0.2, 0) is 0 Å². The highest BCUT2D eigenvalue weighted by molar-refractivity contribution is 6.30. The molecule has 4 nitrogen and oxygen atoms in total. The molecule has 1 heterocycles. The third kappa shape index (κ3) is 1.75. The Kier molecular flexibility index (Phi) is 2.28. The summed E-state index contributed by atoms with van der Waals surface area (Å²) < 4.78 is 30.9. The first-order chi connectivity index (χ1) is 7.08. The summed E-state index contributed by atoms with van der Waals surface area (Å²) in [6, 6.07) is 1.69. The molecular formula is C8H4ClF2N3O. The van der Waals surface area contributed by atoms with Crippen molar-refractivity contribution in [3.05, 3.63) is 28.8 Å². The first-order valence-electron chi connectivity index (χ1n) is 3.82. The van der Waals surface area contributed by atoms with Crippen molar-refractivity contribution < 1.29 is 13.3 Å². The Morgan fingerprint density at radius 1 is 1.27 bits per heavy atom. The van der Waals surface area contributed by atoms with Gasteiger partial charge in [0.2, 0.25) is 0 Å². The molecule has 0 bridgehead atoms. The van der Waals surface area contributed by atoms with Crippen LogP contribution in [0.15, 0.2) is 16.7 Å². The zero-order valence-electron chi connectivity index (χ0n) is 7.17. The molecule has 1 aromatic carbocycles. The quantitative estimate of drug-likeness (QED) is 0.765. The summed E-state index contributed by atoms with van der Waals surface area (Å²) >= 11 is 5.37. The number of benzene rings is 1. The Morgan fingerprint density at radius 2 is 2.00 bits per heavy atom. The van der Waals surface area contributed by atoms with Crippen LogP contribution in [-0.4, -0.2) is 10.1 Å². The highest BCUT2D eigenvalue weighted by Crippen LogP contribution is 2.26. The Labute approximate surface area is 87.6 Å². The van der Waals surface area contributed by atoms with Crippen molar-refractivity contribution in [3.8, 4) is 11.5 Å². The largest absolute Gasteiger partial charge is 0.365 e. The summed E-state index contributed by atoms with van der Waals surface area (Å²) in [5.41, 5.74) is 5.00. The van der Waals surface area contributed by atoms with Crippen LogP contribution >= 0.6 is 11.6 Å². The molecular weight excluding hydrogens is 228 g/mol. The van der Waals surface area contributed by atoms with E-state index in [4.69, 9.17) is 17.3 Å². The Morgan fingerprint density at radius 3 is 2.60 bits per heavy atom. The smallest absolute Gasteiger partial charge is 0.262 e. The number of hydrogen-bond donors (Lipinski definition) is 1. The van der Waals surface area contributed by atoms with Crippen LogP contribution in [0.5, 0.6) is 0 Å². The van der Waals surface area contributed by atoms with Crippen LogP contribution in [0.4, 0.5) is 14.7 Å². The summed E-state index contributed by atoms with van der Waals surface area (Å²) in [6.07, 6.45) is 0. The van der Waals surface area contributed by atoms with Gasteiger partial charge in [-0.25, -0.2) is 8.78 Å². The standard InChI is InChI=1S/C8H4ClF2N3O/c9-4-2-5(10)3(1-6(4)11)7-13-8(12)14-15-7/h1-2H,(H2,12,14). The van der Waals surface area contributed by atoms with Gasteiger partial charge in [-0.3, -0.25) is 0 Å². The van der Waals surface area contributed by atoms with Crippen molar-refractivity contribution in [2.75, 3.05) is 5.73 Å². The van der Waals surface area contributed by atoms with E-state index in [9.17, 15) is 8.78 Å². The van der Waals surface area contributed by atoms with Gasteiger partial charge in [0.15, 0.2) is 0 Å². The van der Waals surface area contributed by atoms with E-state index in [1.165, 1.54) is 0 Å². The summed E-state index contributed by atoms with van der Waals surface area (Å²) in [4.78, 5) is 3.56. The summed E-state index contributed by atoms with van der Waals surface area (Å²) in [7, 11) is 0. The van der Waals surface area contributed by atoms with Gasteiger partial charge in [0.05, 0.1) is 10.6 Å². The number of aromatic nitrogens is 2. The first kappa shape index (κ1) is 9.85. The molecule has 0 saturated carbocycles. The zero-order valence-corrected chi connectivity index (χ0v) is 7.92. The minimum Gasteiger partial charge on any atom is -0.365 e. The number of anilines is 1. The van der Waals surface area contributed by atoms with E-state index in [0.29, 0.717) is 0 Å². The molecule has 0 radical (unpaired) electrons. The third-order valence-corrected chi connectivity index (χ3v) is 1.97. The molecule has 0 saturated heterocycles. The van der Waals surface area contributed by atoms with Crippen LogP contribution in [0.3, 0.4) is 0 Å². The van der Waals surface area contributed by atoms with E-state index in [1.54, 1.807) is 0 Å². The minimum atomic E-state index is -0.773. The van der Waals surface area contributed by atoms with Crippen molar-refractivity contribution in [2.24, 2.45) is 0 Å². The van der Waals surface area contributed by atoms with Gasteiger partial charge in [0.1, 0.15) is 11.6 Å². The number of rotatable bonds is 1. The maximum atomic E-state index is 13.3. The van der Waals surface area contributed by atoms with E-state index in [2.05, 4.69) is 14.7 Å². The fraction of sp³-hybridized carbons (Fsp3) is 0. The Balaban J connectivity index is 2.58. The molecule has 0 fully saturated rings. The van der Waals surface area contributed by atoms with Crippen LogP contribution < -0.4 is 5.73 Å². The fourth-order valence-corrected chi connectivity index (χ4v) is 1.18. The molecule has 2 rings (SSSR count). The summed E-state index contributed by atoms with van der Waals surface area (Å²) in [5, 5.41) is 2.94. The molecule has 0 spiro atoms. The van der Waals surface area contributed by atoms with Gasteiger partial charge in [-0.15, -0.1) is 0 Å². The van der Waals surface area contributed by atoms with E-state index in [1.807, 2.05) is 0 Å². The van der Waals surface area contributed by atoms with E-state index < -0.39 is 11.6 Å². The summed E-state index contributed by atoms with van der Waals surface area (Å²) in [5.74, 6) is -1.88. The molecule has 0 aliphatic rings. The lowest BCUT2D eigenvalue weighted by molar-refractivity contribution is 0.430. The lowest BCUT2D eigenvalue weighted by Crippen LogP contribution is -1.89. The van der Waals surface area contributed by atoms with Crippen LogP contribution in [0.1, 0.15) is 0 Å². The number of nitrogen functional groups attached to an aromatic ring is 1. The van der Waals surface area contributed by atoms with Gasteiger partial charge >= 0.3 is 0 Å². The first-order valence-corrected chi connectivity index (χ1v) is 4.20. The zero-order chi connectivity index (χ0) is 11.0. The van der Waals surface area contributed by atoms with Gasteiger partial charge in [0.25, 0.3) is 11.8 Å². The highest BCUT2D eigenvalue weighted by Gasteiger charge is 2.15. The SMILES string of the molecule is Nc1noc(-c2cc(F)c(Cl)cc2F)n1. The molecule has 2 aromatic rings. The van der Waals surface area contributed by atoms with Crippen molar-refractivity contribution in [1.82, 2.24) is 10.1 Å². The molecule has 1 aromatic heterocycles. The third-order valence-electron chi connectivity index (χ3n) is 1.68. The maximum absolute atomic E-state index is 13.3. The van der Waals surface area contributed by atoms with E-state index in [0.717, 1.165) is 12.1 Å². The second-order valence-corrected chi connectivity index (χ2v) is 3.11. The second-order valence-electron chi connectivity index (χ2n) is 2.70. The van der Waals surface area contributed by atoms with Crippen LogP contribution in [0, 0.1) is 11.6 Å². The molecule has 0 unspecified atom stereocenters. The predicted octanol–water partition coefficient (Wildman–Crippen LogP) is 2.25. The topological polar surface area (TPSA) is 64.9 Å². The monoisotopic (exact) mass is 231 g/mol. The lowest BCUT2D eigenvalue weighted by atomic mass is 10.2. The molecule has 15 heavy (non-hydrogen) atoms.